The maximum absolute atomic E-state index is 12.1. The van der Waals surface area contributed by atoms with Crippen LogP contribution in [0.2, 0.25) is 0 Å². The van der Waals surface area contributed by atoms with E-state index in [0.29, 0.717) is 0 Å². The molecule has 0 aliphatic carbocycles. The van der Waals surface area contributed by atoms with Crippen molar-refractivity contribution in [1.82, 2.24) is 10.3 Å². The number of aryl methyl sites for hydroxylation is 2. The van der Waals surface area contributed by atoms with Crippen LogP contribution in [-0.2, 0) is 6.42 Å². The molecule has 0 spiro atoms. The highest BCUT2D eigenvalue weighted by Crippen LogP contribution is 2.12. The molecule has 0 radical (unpaired) electrons. The summed E-state index contributed by atoms with van der Waals surface area (Å²) in [6, 6.07) is 8.36. The van der Waals surface area contributed by atoms with Crippen molar-refractivity contribution >= 4 is 5.91 Å². The molecular weight excluding hydrogens is 280 g/mol. The Bertz CT molecular complexity index is 705. The summed E-state index contributed by atoms with van der Waals surface area (Å²) in [6.07, 6.45) is 2.98. The van der Waals surface area contributed by atoms with Crippen molar-refractivity contribution in [2.24, 2.45) is 0 Å². The molecule has 0 aliphatic rings. The highest BCUT2D eigenvalue weighted by Gasteiger charge is 2.13. The van der Waals surface area contributed by atoms with Crippen molar-refractivity contribution < 1.29 is 9.90 Å². The van der Waals surface area contributed by atoms with Crippen molar-refractivity contribution in [1.29, 1.82) is 0 Å². The molecule has 1 amide bonds. The number of hydrogen-bond acceptors (Lipinski definition) is 3. The first-order valence-corrected chi connectivity index (χ1v) is 7.24. The van der Waals surface area contributed by atoms with Gasteiger partial charge in [-0.3, -0.25) is 9.59 Å². The average molecular weight is 300 g/mol. The van der Waals surface area contributed by atoms with Gasteiger partial charge in [-0.15, -0.1) is 0 Å². The number of aromatic amines is 1. The summed E-state index contributed by atoms with van der Waals surface area (Å²) in [5.74, 6) is -0.122. The van der Waals surface area contributed by atoms with Gasteiger partial charge in [0.15, 0.2) is 5.43 Å². The first-order chi connectivity index (χ1) is 10.5. The maximum Gasteiger partial charge on any atom is 0.256 e. The van der Waals surface area contributed by atoms with E-state index in [1.807, 2.05) is 19.1 Å². The van der Waals surface area contributed by atoms with Gasteiger partial charge in [0.1, 0.15) is 11.3 Å². The highest BCUT2D eigenvalue weighted by atomic mass is 16.3. The average Bonchev–Trinajstić information content (AvgIpc) is 2.46. The second-order valence-corrected chi connectivity index (χ2v) is 5.47. The molecule has 1 aromatic heterocycles. The number of H-pyrrole nitrogens is 1. The smallest absolute Gasteiger partial charge is 0.256 e. The molecule has 2 rings (SSSR count). The van der Waals surface area contributed by atoms with Gasteiger partial charge in [-0.25, -0.2) is 0 Å². The van der Waals surface area contributed by atoms with Crippen LogP contribution in [0.25, 0.3) is 0 Å². The number of aromatic hydroxyl groups is 1. The quantitative estimate of drug-likeness (QED) is 0.791. The summed E-state index contributed by atoms with van der Waals surface area (Å²) in [7, 11) is 0. The normalized spacial score (nSPS) is 11.9. The van der Waals surface area contributed by atoms with E-state index in [0.717, 1.165) is 24.1 Å². The molecule has 5 nitrogen and oxygen atoms in total. The highest BCUT2D eigenvalue weighted by molar-refractivity contribution is 5.93. The van der Waals surface area contributed by atoms with Gasteiger partial charge < -0.3 is 15.4 Å². The van der Waals surface area contributed by atoms with Crippen molar-refractivity contribution in [2.75, 3.05) is 0 Å². The Morgan fingerprint density at radius 2 is 2.00 bits per heavy atom. The van der Waals surface area contributed by atoms with Gasteiger partial charge in [0, 0.05) is 24.0 Å². The van der Waals surface area contributed by atoms with Crippen molar-refractivity contribution in [3.63, 3.8) is 0 Å². The molecule has 3 N–H and O–H groups in total. The molecule has 0 bridgehead atoms. The van der Waals surface area contributed by atoms with E-state index in [1.54, 1.807) is 19.1 Å². The van der Waals surface area contributed by atoms with Crippen LogP contribution in [0.5, 0.6) is 5.75 Å². The molecule has 0 saturated heterocycles. The minimum Gasteiger partial charge on any atom is -0.508 e. The summed E-state index contributed by atoms with van der Waals surface area (Å²) in [5, 5.41) is 12.1. The van der Waals surface area contributed by atoms with Crippen LogP contribution in [0.1, 0.15) is 35.0 Å². The lowest BCUT2D eigenvalue weighted by atomic mass is 10.1. The van der Waals surface area contributed by atoms with Crippen LogP contribution < -0.4 is 10.7 Å². The summed E-state index contributed by atoms with van der Waals surface area (Å²) >= 11 is 0. The lowest BCUT2D eigenvalue weighted by Crippen LogP contribution is -2.35. The molecule has 5 heteroatoms. The Morgan fingerprint density at radius 3 is 2.64 bits per heavy atom. The number of hydrogen-bond donors (Lipinski definition) is 3. The summed E-state index contributed by atoms with van der Waals surface area (Å²) in [4.78, 5) is 26.7. The second-order valence-electron chi connectivity index (χ2n) is 5.47. The monoisotopic (exact) mass is 300 g/mol. The Kier molecular flexibility index (Phi) is 4.99. The minimum atomic E-state index is -0.362. The van der Waals surface area contributed by atoms with Crippen LogP contribution in [0.3, 0.4) is 0 Å². The minimum absolute atomic E-state index is 0.0537. The van der Waals surface area contributed by atoms with E-state index in [1.165, 1.54) is 12.3 Å². The van der Waals surface area contributed by atoms with Gasteiger partial charge in [-0.05, 0) is 44.4 Å². The Morgan fingerprint density at radius 1 is 1.32 bits per heavy atom. The number of phenolic OH excluding ortho intramolecular Hbond substituents is 1. The third-order valence-corrected chi connectivity index (χ3v) is 3.48. The van der Waals surface area contributed by atoms with Gasteiger partial charge in [-0.1, -0.05) is 12.1 Å². The van der Waals surface area contributed by atoms with Crippen LogP contribution in [0.4, 0.5) is 0 Å². The number of nitrogens with one attached hydrogen (secondary N) is 2. The third-order valence-electron chi connectivity index (χ3n) is 3.48. The van der Waals surface area contributed by atoms with E-state index in [-0.39, 0.29) is 28.7 Å². The van der Waals surface area contributed by atoms with Crippen LogP contribution in [0.15, 0.2) is 41.3 Å². The lowest BCUT2D eigenvalue weighted by Gasteiger charge is -2.13. The molecule has 2 aromatic rings. The number of carbonyl (C=O) groups is 1. The molecule has 1 aromatic carbocycles. The molecule has 116 valence electrons. The number of carbonyl (C=O) groups excluding carboxylic acids is 1. The van der Waals surface area contributed by atoms with Crippen LogP contribution in [-0.4, -0.2) is 22.0 Å². The molecule has 1 unspecified atom stereocenters. The zero-order chi connectivity index (χ0) is 16.1. The zero-order valence-corrected chi connectivity index (χ0v) is 12.7. The molecule has 0 aliphatic heterocycles. The van der Waals surface area contributed by atoms with E-state index in [2.05, 4.69) is 10.3 Å². The molecule has 22 heavy (non-hydrogen) atoms. The first kappa shape index (κ1) is 15.8. The van der Waals surface area contributed by atoms with Crippen molar-refractivity contribution in [3.8, 4) is 5.75 Å². The van der Waals surface area contributed by atoms with Gasteiger partial charge in [0.25, 0.3) is 5.91 Å². The summed E-state index contributed by atoms with van der Waals surface area (Å²) in [5.41, 5.74) is 1.66. The van der Waals surface area contributed by atoms with Gasteiger partial charge in [0.2, 0.25) is 0 Å². The fourth-order valence-corrected chi connectivity index (χ4v) is 2.17. The third kappa shape index (κ3) is 4.22. The number of phenols is 1. The van der Waals surface area contributed by atoms with Gasteiger partial charge in [0.05, 0.1) is 0 Å². The largest absolute Gasteiger partial charge is 0.508 e. The fourth-order valence-electron chi connectivity index (χ4n) is 2.17. The summed E-state index contributed by atoms with van der Waals surface area (Å²) < 4.78 is 0. The molecular formula is C17H20N2O3. The SMILES string of the molecule is Cc1cc(=O)c(C(=O)NC(C)CCc2ccc(O)cc2)c[nH]1. The standard InChI is InChI=1S/C17H20N2O3/c1-11(3-4-13-5-7-14(20)8-6-13)19-17(22)15-10-18-12(2)9-16(15)21/h5-11,20H,3-4H2,1-2H3,(H,18,21)(H,19,22). The predicted molar refractivity (Wildman–Crippen MR) is 85.2 cm³/mol. The zero-order valence-electron chi connectivity index (χ0n) is 12.7. The molecule has 1 heterocycles. The number of benzene rings is 1. The molecule has 1 atom stereocenters. The van der Waals surface area contributed by atoms with E-state index in [4.69, 9.17) is 0 Å². The Balaban J connectivity index is 1.91. The molecule has 0 saturated carbocycles. The van der Waals surface area contributed by atoms with E-state index in [9.17, 15) is 14.7 Å². The first-order valence-electron chi connectivity index (χ1n) is 7.24. The Hall–Kier alpha value is -2.56. The second kappa shape index (κ2) is 6.93. The van der Waals surface area contributed by atoms with Crippen molar-refractivity contribution in [2.45, 2.75) is 32.7 Å². The number of aromatic nitrogens is 1. The fraction of sp³-hybridized carbons (Fsp3) is 0.294. The maximum atomic E-state index is 12.1. The topological polar surface area (TPSA) is 82.2 Å². The number of amides is 1. The van der Waals surface area contributed by atoms with Gasteiger partial charge >= 0.3 is 0 Å². The predicted octanol–water partition coefficient (Wildman–Crippen LogP) is 2.14. The van der Waals surface area contributed by atoms with Crippen LogP contribution >= 0.6 is 0 Å². The van der Waals surface area contributed by atoms with Gasteiger partial charge in [-0.2, -0.15) is 0 Å². The lowest BCUT2D eigenvalue weighted by molar-refractivity contribution is 0.0937. The molecule has 0 fully saturated rings. The van der Waals surface area contributed by atoms with Crippen molar-refractivity contribution in [3.05, 3.63) is 63.6 Å². The number of pyridine rings is 1. The van der Waals surface area contributed by atoms with E-state index >= 15 is 0 Å². The Labute approximate surface area is 129 Å². The number of rotatable bonds is 5. The summed E-state index contributed by atoms with van der Waals surface area (Å²) in [6.45, 7) is 3.67. The van der Waals surface area contributed by atoms with E-state index < -0.39 is 0 Å². The van der Waals surface area contributed by atoms with Crippen LogP contribution in [0, 0.1) is 6.92 Å².